The summed E-state index contributed by atoms with van der Waals surface area (Å²) in [5.41, 5.74) is -1.07. The minimum atomic E-state index is -4.63. The van der Waals surface area contributed by atoms with Crippen LogP contribution in [0.5, 0.6) is 0 Å². The van der Waals surface area contributed by atoms with Gasteiger partial charge in [-0.1, -0.05) is 30.2 Å². The zero-order valence-corrected chi connectivity index (χ0v) is 21.7. The van der Waals surface area contributed by atoms with Crippen LogP contribution in [-0.4, -0.2) is 77.8 Å². The summed E-state index contributed by atoms with van der Waals surface area (Å²) in [5.74, 6) is -3.21. The minimum absolute atomic E-state index is 0.133. The molecule has 216 valence electrons. The molecule has 2 aliphatic rings. The van der Waals surface area contributed by atoms with E-state index in [1.54, 1.807) is 4.90 Å². The van der Waals surface area contributed by atoms with Gasteiger partial charge in [-0.2, -0.15) is 18.4 Å². The molecule has 3 aromatic rings. The minimum Gasteiger partial charge on any atom is -0.346 e. The quantitative estimate of drug-likeness (QED) is 0.377. The van der Waals surface area contributed by atoms with E-state index in [9.17, 15) is 26.7 Å². The third-order valence-electron chi connectivity index (χ3n) is 7.41. The number of hydrogen-bond acceptors (Lipinski definition) is 7. The molecule has 10 nitrogen and oxygen atoms in total. The van der Waals surface area contributed by atoms with Crippen molar-refractivity contribution in [2.24, 2.45) is 0 Å². The molecule has 1 amide bonds. The average Bonchev–Trinajstić information content (AvgIpc) is 3.68. The number of nitrogens with one attached hydrogen (secondary N) is 2. The van der Waals surface area contributed by atoms with Crippen molar-refractivity contribution in [1.29, 1.82) is 0 Å². The molecule has 1 saturated carbocycles. The number of nitrogens with zero attached hydrogens (tertiary/aromatic N) is 7. The summed E-state index contributed by atoms with van der Waals surface area (Å²) in [6.07, 6.45) is -0.655. The number of halogens is 5. The molecule has 40 heavy (non-hydrogen) atoms. The summed E-state index contributed by atoms with van der Waals surface area (Å²) in [6, 6.07) is 4.48. The van der Waals surface area contributed by atoms with Gasteiger partial charge >= 0.3 is 6.18 Å². The van der Waals surface area contributed by atoms with E-state index in [1.807, 2.05) is 0 Å². The number of amides is 1. The van der Waals surface area contributed by atoms with Crippen LogP contribution in [0.3, 0.4) is 0 Å². The van der Waals surface area contributed by atoms with Crippen molar-refractivity contribution in [2.75, 3.05) is 19.6 Å². The lowest BCUT2D eigenvalue weighted by Crippen LogP contribution is -2.45. The van der Waals surface area contributed by atoms with Gasteiger partial charge in [0.1, 0.15) is 5.82 Å². The van der Waals surface area contributed by atoms with Crippen molar-refractivity contribution in [1.82, 2.24) is 45.6 Å². The van der Waals surface area contributed by atoms with E-state index >= 15 is 0 Å². The van der Waals surface area contributed by atoms with Crippen LogP contribution in [0, 0.1) is 0 Å². The molecule has 15 heteroatoms. The number of aromatic nitrogens is 7. The summed E-state index contributed by atoms with van der Waals surface area (Å²) >= 11 is 0. The SMILES string of the molecule is O=C(N[C@@H](CCN1CCCC(F)(F)C1)Cc1nn[nH]n1)c1nc(C2CCCC2)n(-c2ccccc2C(F)(F)F)n1. The molecule has 2 aromatic heterocycles. The highest BCUT2D eigenvalue weighted by atomic mass is 19.4. The summed E-state index contributed by atoms with van der Waals surface area (Å²) in [5, 5.41) is 20.8. The van der Waals surface area contributed by atoms with Crippen LogP contribution < -0.4 is 5.32 Å². The molecule has 2 N–H and O–H groups in total. The number of benzene rings is 1. The number of carbonyl (C=O) groups excluding carboxylic acids is 1. The Morgan fingerprint density at radius 2 is 1.95 bits per heavy atom. The average molecular weight is 568 g/mol. The van der Waals surface area contributed by atoms with Crippen molar-refractivity contribution in [3.8, 4) is 5.69 Å². The van der Waals surface area contributed by atoms with E-state index < -0.39 is 29.6 Å². The molecule has 2 fully saturated rings. The van der Waals surface area contributed by atoms with Crippen molar-refractivity contribution in [2.45, 2.75) is 75.4 Å². The van der Waals surface area contributed by atoms with Crippen molar-refractivity contribution in [3.63, 3.8) is 0 Å². The second kappa shape index (κ2) is 11.6. The standard InChI is InChI=1S/C25H30F5N9O/c26-24(27)11-5-12-38(15-24)13-10-17(14-20-33-36-37-34-20)31-23(40)21-32-22(16-6-1-2-7-16)39(35-21)19-9-4-3-8-18(19)25(28,29)30/h3-4,8-9,16-17H,1-2,5-7,10-15H2,(H,31,40)(H,33,34,36,37)/t17-/m0/s1. The van der Waals surface area contributed by atoms with Gasteiger partial charge in [-0.25, -0.2) is 18.4 Å². The molecular formula is C25H30F5N9O. The highest BCUT2D eigenvalue weighted by Crippen LogP contribution is 2.38. The zero-order chi connectivity index (χ0) is 28.3. The van der Waals surface area contributed by atoms with E-state index in [2.05, 4.69) is 36.0 Å². The lowest BCUT2D eigenvalue weighted by Gasteiger charge is -2.33. The molecule has 1 atom stereocenters. The maximum Gasteiger partial charge on any atom is 0.418 e. The molecule has 0 radical (unpaired) electrons. The molecule has 1 aromatic carbocycles. The number of H-pyrrole nitrogens is 1. The Kier molecular flexibility index (Phi) is 8.10. The Hall–Kier alpha value is -3.49. The Balaban J connectivity index is 1.39. The number of rotatable bonds is 9. The first-order chi connectivity index (χ1) is 19.1. The first-order valence-corrected chi connectivity index (χ1v) is 13.4. The van der Waals surface area contributed by atoms with Crippen LogP contribution in [0.4, 0.5) is 22.0 Å². The first kappa shape index (κ1) is 28.1. The molecule has 1 aliphatic heterocycles. The van der Waals surface area contributed by atoms with Crippen LogP contribution in [0.15, 0.2) is 24.3 Å². The molecule has 3 heterocycles. The van der Waals surface area contributed by atoms with E-state index in [4.69, 9.17) is 0 Å². The maximum atomic E-state index is 13.9. The van der Waals surface area contributed by atoms with Gasteiger partial charge in [-0.3, -0.25) is 9.69 Å². The number of likely N-dealkylation sites (tertiary alicyclic amines) is 1. The first-order valence-electron chi connectivity index (χ1n) is 13.4. The summed E-state index contributed by atoms with van der Waals surface area (Å²) in [7, 11) is 0. The zero-order valence-electron chi connectivity index (χ0n) is 21.7. The molecule has 0 bridgehead atoms. The Morgan fingerprint density at radius 3 is 2.65 bits per heavy atom. The highest BCUT2D eigenvalue weighted by molar-refractivity contribution is 5.90. The lowest BCUT2D eigenvalue weighted by atomic mass is 10.1. The number of alkyl halides is 5. The second-order valence-corrected chi connectivity index (χ2v) is 10.4. The molecule has 0 spiro atoms. The van der Waals surface area contributed by atoms with Gasteiger partial charge in [-0.15, -0.1) is 15.3 Å². The number of piperidine rings is 1. The predicted molar refractivity (Wildman–Crippen MR) is 132 cm³/mol. The Labute approximate surface area is 226 Å². The van der Waals surface area contributed by atoms with Crippen molar-refractivity contribution >= 4 is 5.91 Å². The van der Waals surface area contributed by atoms with E-state index in [1.165, 1.54) is 18.2 Å². The summed E-state index contributed by atoms with van der Waals surface area (Å²) < 4.78 is 70.4. The molecular weight excluding hydrogens is 537 g/mol. The molecule has 0 unspecified atom stereocenters. The predicted octanol–water partition coefficient (Wildman–Crippen LogP) is 3.92. The van der Waals surface area contributed by atoms with E-state index in [-0.39, 0.29) is 36.8 Å². The second-order valence-electron chi connectivity index (χ2n) is 10.4. The molecule has 5 rings (SSSR count). The van der Waals surface area contributed by atoms with Crippen LogP contribution in [0.2, 0.25) is 0 Å². The van der Waals surface area contributed by atoms with E-state index in [0.717, 1.165) is 36.4 Å². The summed E-state index contributed by atoms with van der Waals surface area (Å²) in [6.45, 7) is 0.464. The van der Waals surface area contributed by atoms with Gasteiger partial charge in [0.05, 0.1) is 17.8 Å². The fraction of sp³-hybridized carbons (Fsp3) is 0.600. The molecule has 1 saturated heterocycles. The largest absolute Gasteiger partial charge is 0.418 e. The third kappa shape index (κ3) is 6.62. The number of aromatic amines is 1. The third-order valence-corrected chi connectivity index (χ3v) is 7.41. The lowest BCUT2D eigenvalue weighted by molar-refractivity contribution is -0.137. The topological polar surface area (TPSA) is 118 Å². The highest BCUT2D eigenvalue weighted by Gasteiger charge is 2.37. The van der Waals surface area contributed by atoms with Gasteiger partial charge in [-0.05, 0) is 44.4 Å². The Morgan fingerprint density at radius 1 is 1.18 bits per heavy atom. The van der Waals surface area contributed by atoms with Gasteiger partial charge in [0, 0.05) is 31.3 Å². The number of para-hydroxylation sites is 1. The normalized spacial score (nSPS) is 19.1. The number of carbonyl (C=O) groups is 1. The van der Waals surface area contributed by atoms with Crippen molar-refractivity contribution < 1.29 is 26.7 Å². The van der Waals surface area contributed by atoms with Gasteiger partial charge < -0.3 is 5.32 Å². The van der Waals surface area contributed by atoms with Gasteiger partial charge in [0.15, 0.2) is 5.82 Å². The van der Waals surface area contributed by atoms with Gasteiger partial charge in [0.25, 0.3) is 11.8 Å². The van der Waals surface area contributed by atoms with Crippen LogP contribution in [0.25, 0.3) is 5.69 Å². The summed E-state index contributed by atoms with van der Waals surface area (Å²) in [4.78, 5) is 19.4. The number of tetrazole rings is 1. The fourth-order valence-electron chi connectivity index (χ4n) is 5.48. The maximum absolute atomic E-state index is 13.9. The van der Waals surface area contributed by atoms with Crippen molar-refractivity contribution in [3.05, 3.63) is 47.3 Å². The smallest absolute Gasteiger partial charge is 0.346 e. The Bertz CT molecular complexity index is 1290. The monoisotopic (exact) mass is 567 g/mol. The van der Waals surface area contributed by atoms with Crippen LogP contribution in [0.1, 0.15) is 78.7 Å². The number of hydrogen-bond donors (Lipinski definition) is 2. The fourth-order valence-corrected chi connectivity index (χ4v) is 5.48. The van der Waals surface area contributed by atoms with Gasteiger partial charge in [0.2, 0.25) is 5.82 Å². The van der Waals surface area contributed by atoms with Crippen LogP contribution in [-0.2, 0) is 12.6 Å². The molecule has 1 aliphatic carbocycles. The van der Waals surface area contributed by atoms with Crippen LogP contribution >= 0.6 is 0 Å². The van der Waals surface area contributed by atoms with E-state index in [0.29, 0.717) is 37.6 Å².